The molecular weight excluding hydrogens is 529 g/mol. The van der Waals surface area contributed by atoms with Crippen molar-refractivity contribution < 1.29 is 17.6 Å². The van der Waals surface area contributed by atoms with Crippen molar-refractivity contribution in [2.75, 3.05) is 39.5 Å². The lowest BCUT2D eigenvalue weighted by atomic mass is 9.97. The molecule has 8 nitrogen and oxygen atoms in total. The molecule has 38 heavy (non-hydrogen) atoms. The van der Waals surface area contributed by atoms with Crippen molar-refractivity contribution in [3.63, 3.8) is 0 Å². The fourth-order valence-electron chi connectivity index (χ4n) is 5.57. The van der Waals surface area contributed by atoms with Crippen LogP contribution in [0.4, 0.5) is 4.39 Å². The summed E-state index contributed by atoms with van der Waals surface area (Å²) in [6.07, 6.45) is 5.84. The Morgan fingerprint density at radius 3 is 2.34 bits per heavy atom. The molecule has 1 aromatic heterocycles. The summed E-state index contributed by atoms with van der Waals surface area (Å²) >= 11 is 5.80. The maximum Gasteiger partial charge on any atom is 0.272 e. The van der Waals surface area contributed by atoms with Gasteiger partial charge in [-0.2, -0.15) is 0 Å². The molecule has 2 aliphatic heterocycles. The summed E-state index contributed by atoms with van der Waals surface area (Å²) in [5, 5.41) is 0.100. The third-order valence-corrected chi connectivity index (χ3v) is 9.65. The number of likely N-dealkylation sites (tertiary alicyclic amines) is 2. The molecule has 0 atom stereocenters. The Morgan fingerprint density at radius 1 is 1.08 bits per heavy atom. The van der Waals surface area contributed by atoms with Crippen molar-refractivity contribution in [1.82, 2.24) is 24.1 Å². The molecular formula is C27H37ClFN5O3S. The number of sulfonamides is 1. The van der Waals surface area contributed by atoms with Crippen LogP contribution in [0, 0.1) is 19.7 Å². The molecule has 0 spiro atoms. The van der Waals surface area contributed by atoms with Crippen LogP contribution >= 0.6 is 11.6 Å². The first kappa shape index (κ1) is 28.9. The van der Waals surface area contributed by atoms with Gasteiger partial charge in [0.25, 0.3) is 5.91 Å². The Hall–Kier alpha value is -2.14. The number of hydrogen-bond donors (Lipinski definition) is 0. The molecule has 0 radical (unpaired) electrons. The Kier molecular flexibility index (Phi) is 9.07. The molecule has 2 aliphatic rings. The van der Waals surface area contributed by atoms with Crippen LogP contribution in [0.25, 0.3) is 0 Å². The molecule has 0 N–H and O–H groups in total. The average molecular weight is 566 g/mol. The number of rotatable bonds is 7. The molecule has 2 fully saturated rings. The van der Waals surface area contributed by atoms with Crippen molar-refractivity contribution in [3.8, 4) is 0 Å². The van der Waals surface area contributed by atoms with E-state index in [-0.39, 0.29) is 17.0 Å². The van der Waals surface area contributed by atoms with Crippen LogP contribution in [0.3, 0.4) is 0 Å². The number of carbonyl (C=O) groups excluding carboxylic acids is 1. The molecule has 4 rings (SSSR count). The van der Waals surface area contributed by atoms with Gasteiger partial charge in [-0.25, -0.2) is 27.1 Å². The Morgan fingerprint density at radius 2 is 1.74 bits per heavy atom. The molecule has 0 bridgehead atoms. The predicted octanol–water partition coefficient (Wildman–Crippen LogP) is 3.63. The topological polar surface area (TPSA) is 86.7 Å². The minimum Gasteiger partial charge on any atom is -0.337 e. The third kappa shape index (κ3) is 6.70. The fraction of sp³-hybridized carbons (Fsp3) is 0.593. The highest BCUT2D eigenvalue weighted by molar-refractivity contribution is 7.88. The van der Waals surface area contributed by atoms with Gasteiger partial charge in [0.05, 0.1) is 11.3 Å². The highest BCUT2D eigenvalue weighted by Crippen LogP contribution is 2.25. The molecule has 2 aromatic rings. The number of aryl methyl sites for hydroxylation is 3. The van der Waals surface area contributed by atoms with E-state index in [9.17, 15) is 17.6 Å². The maximum atomic E-state index is 13.8. The van der Waals surface area contributed by atoms with Gasteiger partial charge in [-0.1, -0.05) is 17.7 Å². The van der Waals surface area contributed by atoms with Crippen LogP contribution in [0.1, 0.15) is 58.8 Å². The largest absolute Gasteiger partial charge is 0.337 e. The maximum absolute atomic E-state index is 13.8. The zero-order valence-corrected chi connectivity index (χ0v) is 24.2. The van der Waals surface area contributed by atoms with Crippen LogP contribution in [-0.2, 0) is 22.9 Å². The smallest absolute Gasteiger partial charge is 0.272 e. The van der Waals surface area contributed by atoms with E-state index in [4.69, 9.17) is 11.6 Å². The Labute approximate surface area is 230 Å². The minimum atomic E-state index is -3.18. The summed E-state index contributed by atoms with van der Waals surface area (Å²) in [6.45, 7) is 6.74. The molecule has 1 amide bonds. The summed E-state index contributed by atoms with van der Waals surface area (Å²) in [4.78, 5) is 26.9. The molecule has 1 aromatic carbocycles. The summed E-state index contributed by atoms with van der Waals surface area (Å²) in [7, 11) is -1.51. The van der Waals surface area contributed by atoms with E-state index < -0.39 is 15.8 Å². The number of aromatic nitrogens is 2. The second-order valence-corrected chi connectivity index (χ2v) is 13.0. The molecule has 3 heterocycles. The van der Waals surface area contributed by atoms with Gasteiger partial charge in [0.1, 0.15) is 17.3 Å². The molecule has 0 saturated carbocycles. The molecule has 2 saturated heterocycles. The lowest BCUT2D eigenvalue weighted by molar-refractivity contribution is 0.0542. The van der Waals surface area contributed by atoms with E-state index in [1.807, 2.05) is 11.8 Å². The third-order valence-electron chi connectivity index (χ3n) is 8.00. The number of benzene rings is 1. The number of nitrogens with zero attached hydrogens (tertiary/aromatic N) is 5. The number of carbonyl (C=O) groups is 1. The van der Waals surface area contributed by atoms with E-state index in [2.05, 4.69) is 14.9 Å². The fourth-order valence-corrected chi connectivity index (χ4v) is 6.44. The molecule has 0 aliphatic carbocycles. The van der Waals surface area contributed by atoms with Gasteiger partial charge in [-0.3, -0.25) is 4.79 Å². The number of halogens is 2. The molecule has 208 valence electrons. The van der Waals surface area contributed by atoms with E-state index in [1.54, 1.807) is 26.1 Å². The van der Waals surface area contributed by atoms with Crippen LogP contribution in [0.2, 0.25) is 5.02 Å². The first-order valence-electron chi connectivity index (χ1n) is 13.2. The van der Waals surface area contributed by atoms with Crippen molar-refractivity contribution in [2.45, 2.75) is 64.5 Å². The predicted molar refractivity (Wildman–Crippen MR) is 146 cm³/mol. The summed E-state index contributed by atoms with van der Waals surface area (Å²) < 4.78 is 39.1. The monoisotopic (exact) mass is 565 g/mol. The van der Waals surface area contributed by atoms with Gasteiger partial charge in [0, 0.05) is 43.5 Å². The lowest BCUT2D eigenvalue weighted by Gasteiger charge is -2.43. The Balaban J connectivity index is 1.34. The zero-order chi connectivity index (χ0) is 27.6. The second-order valence-electron chi connectivity index (χ2n) is 10.5. The van der Waals surface area contributed by atoms with E-state index >= 15 is 0 Å². The number of hydrogen-bond acceptors (Lipinski definition) is 6. The van der Waals surface area contributed by atoms with Crippen LogP contribution in [0.15, 0.2) is 18.2 Å². The molecule has 11 heteroatoms. The quantitative estimate of drug-likeness (QED) is 0.509. The van der Waals surface area contributed by atoms with Gasteiger partial charge in [-0.15, -0.1) is 0 Å². The van der Waals surface area contributed by atoms with Crippen LogP contribution < -0.4 is 0 Å². The zero-order valence-electron chi connectivity index (χ0n) is 22.6. The van der Waals surface area contributed by atoms with Gasteiger partial charge in [-0.05, 0) is 83.2 Å². The van der Waals surface area contributed by atoms with Gasteiger partial charge >= 0.3 is 0 Å². The normalized spacial score (nSPS) is 18.3. The van der Waals surface area contributed by atoms with Crippen LogP contribution in [-0.4, -0.2) is 90.0 Å². The van der Waals surface area contributed by atoms with Gasteiger partial charge in [0.15, 0.2) is 0 Å². The minimum absolute atomic E-state index is 0.0554. The number of amides is 1. The van der Waals surface area contributed by atoms with E-state index in [1.165, 1.54) is 16.6 Å². The standard InChI is InChI=1S/C27H37ClFN5O3S/c1-18-25(8-6-20-5-7-23(28)24(29)17-20)30-19(2)31-26(18)27(35)34-15-11-22(12-16-34)33-13-9-21(10-14-33)32(3)38(4,36)37/h5,7,17,21-22H,6,8-16H2,1-4H3. The first-order valence-corrected chi connectivity index (χ1v) is 15.4. The first-order chi connectivity index (χ1) is 17.9. The van der Waals surface area contributed by atoms with Gasteiger partial charge < -0.3 is 9.80 Å². The number of piperidine rings is 2. The SMILES string of the molecule is Cc1nc(CCc2ccc(Cl)c(F)c2)c(C)c(C(=O)N2CCC(N3CCC(N(C)S(C)(=O)=O)CC3)CC2)n1. The highest BCUT2D eigenvalue weighted by Gasteiger charge is 2.33. The van der Waals surface area contributed by atoms with Crippen molar-refractivity contribution >= 4 is 27.5 Å². The summed E-state index contributed by atoms with van der Waals surface area (Å²) in [6, 6.07) is 5.25. The van der Waals surface area contributed by atoms with E-state index in [0.717, 1.165) is 55.6 Å². The van der Waals surface area contributed by atoms with Gasteiger partial charge in [0.2, 0.25) is 10.0 Å². The van der Waals surface area contributed by atoms with Crippen LogP contribution in [0.5, 0.6) is 0 Å². The highest BCUT2D eigenvalue weighted by atomic mass is 35.5. The Bertz CT molecular complexity index is 1280. The molecule has 0 unspecified atom stereocenters. The lowest BCUT2D eigenvalue weighted by Crippen LogP contribution is -2.52. The van der Waals surface area contributed by atoms with Crippen molar-refractivity contribution in [2.24, 2.45) is 0 Å². The average Bonchev–Trinajstić information content (AvgIpc) is 2.89. The van der Waals surface area contributed by atoms with Crippen molar-refractivity contribution in [3.05, 3.63) is 57.4 Å². The summed E-state index contributed by atoms with van der Waals surface area (Å²) in [5.41, 5.74) is 2.84. The summed E-state index contributed by atoms with van der Waals surface area (Å²) in [5.74, 6) is 0.0383. The van der Waals surface area contributed by atoms with Crippen molar-refractivity contribution in [1.29, 1.82) is 0 Å². The second kappa shape index (κ2) is 11.9. The van der Waals surface area contributed by atoms with E-state index in [0.29, 0.717) is 43.5 Å².